The summed E-state index contributed by atoms with van der Waals surface area (Å²) in [7, 11) is -7.81. The number of pyridine rings is 1. The van der Waals surface area contributed by atoms with Crippen molar-refractivity contribution in [3.63, 3.8) is 0 Å². The summed E-state index contributed by atoms with van der Waals surface area (Å²) in [6.07, 6.45) is 1.60. The van der Waals surface area contributed by atoms with E-state index in [9.17, 15) is 16.8 Å². The lowest BCUT2D eigenvalue weighted by Gasteiger charge is -2.18. The third kappa shape index (κ3) is 5.40. The first-order valence-corrected chi connectivity index (χ1v) is 12.3. The highest BCUT2D eigenvalue weighted by Crippen LogP contribution is 2.25. The van der Waals surface area contributed by atoms with E-state index in [1.807, 2.05) is 0 Å². The maximum absolute atomic E-state index is 12.6. The Bertz CT molecular complexity index is 1210. The molecule has 0 spiro atoms. The second-order valence-corrected chi connectivity index (χ2v) is 9.82. The van der Waals surface area contributed by atoms with Crippen LogP contribution in [0.3, 0.4) is 0 Å². The summed E-state index contributed by atoms with van der Waals surface area (Å²) in [5, 5.41) is 0. The van der Waals surface area contributed by atoms with Gasteiger partial charge in [0.15, 0.2) is 0 Å². The predicted octanol–water partition coefficient (Wildman–Crippen LogP) is 3.67. The van der Waals surface area contributed by atoms with Crippen LogP contribution in [0.25, 0.3) is 0 Å². The molecule has 0 bridgehead atoms. The molecule has 0 amide bonds. The van der Waals surface area contributed by atoms with Crippen molar-refractivity contribution in [2.75, 3.05) is 13.1 Å². The van der Waals surface area contributed by atoms with Gasteiger partial charge in [0.2, 0.25) is 15.9 Å². The van der Waals surface area contributed by atoms with Gasteiger partial charge in [-0.05, 0) is 54.6 Å². The minimum absolute atomic E-state index is 0.0196. The van der Waals surface area contributed by atoms with E-state index in [0.29, 0.717) is 24.7 Å². The molecule has 31 heavy (non-hydrogen) atoms. The highest BCUT2D eigenvalue weighted by atomic mass is 32.2. The molecule has 0 N–H and O–H groups in total. The number of hydrogen-bond acceptors (Lipinski definition) is 7. The highest BCUT2D eigenvalue weighted by molar-refractivity contribution is 7.89. The van der Waals surface area contributed by atoms with Gasteiger partial charge in [0, 0.05) is 25.4 Å². The Kier molecular flexibility index (Phi) is 6.94. The van der Waals surface area contributed by atoms with Gasteiger partial charge < -0.3 is 8.92 Å². The number of aromatic nitrogens is 1. The van der Waals surface area contributed by atoms with Crippen LogP contribution < -0.4 is 8.92 Å². The fourth-order valence-corrected chi connectivity index (χ4v) is 5.15. The first kappa shape index (κ1) is 22.7. The van der Waals surface area contributed by atoms with Crippen molar-refractivity contribution >= 4 is 20.1 Å². The molecule has 2 aromatic carbocycles. The summed E-state index contributed by atoms with van der Waals surface area (Å²) < 4.78 is 62.2. The van der Waals surface area contributed by atoms with Crippen LogP contribution in [0.2, 0.25) is 0 Å². The zero-order chi connectivity index (χ0) is 22.5. The Balaban J connectivity index is 1.73. The topological polar surface area (TPSA) is 103 Å². The summed E-state index contributed by atoms with van der Waals surface area (Å²) in [5.41, 5.74) is 0. The summed E-state index contributed by atoms with van der Waals surface area (Å²) >= 11 is 0. The van der Waals surface area contributed by atoms with Gasteiger partial charge in [0.25, 0.3) is 0 Å². The number of benzene rings is 2. The van der Waals surface area contributed by atoms with Crippen LogP contribution >= 0.6 is 0 Å². The van der Waals surface area contributed by atoms with Crippen LogP contribution in [0.1, 0.15) is 13.8 Å². The molecular weight excluding hydrogens is 440 g/mol. The molecule has 0 saturated heterocycles. The van der Waals surface area contributed by atoms with Crippen LogP contribution in [0.5, 0.6) is 17.4 Å². The van der Waals surface area contributed by atoms with E-state index in [1.54, 1.807) is 50.4 Å². The first-order valence-electron chi connectivity index (χ1n) is 9.50. The lowest BCUT2D eigenvalue weighted by atomic mass is 10.3. The van der Waals surface area contributed by atoms with Gasteiger partial charge in [-0.3, -0.25) is 0 Å². The van der Waals surface area contributed by atoms with E-state index in [-0.39, 0.29) is 15.5 Å². The van der Waals surface area contributed by atoms with Gasteiger partial charge in [-0.2, -0.15) is 12.7 Å². The van der Waals surface area contributed by atoms with E-state index in [0.717, 1.165) is 0 Å². The van der Waals surface area contributed by atoms with Crippen LogP contribution in [0, 0.1) is 0 Å². The molecule has 10 heteroatoms. The Labute approximate surface area is 182 Å². The lowest BCUT2D eigenvalue weighted by molar-refractivity contribution is 0.445. The first-order chi connectivity index (χ1) is 14.8. The van der Waals surface area contributed by atoms with Crippen molar-refractivity contribution in [1.82, 2.24) is 9.29 Å². The molecule has 0 aliphatic rings. The number of hydrogen-bond donors (Lipinski definition) is 0. The number of nitrogens with zero attached hydrogens (tertiary/aromatic N) is 2. The normalized spacial score (nSPS) is 12.0. The van der Waals surface area contributed by atoms with Gasteiger partial charge >= 0.3 is 10.1 Å². The SMILES string of the molecule is CCN(CC)S(=O)(=O)c1ccc(S(=O)(=O)Oc2ccc(Oc3ccccn3)cc2)cc1. The second kappa shape index (κ2) is 9.46. The van der Waals surface area contributed by atoms with Gasteiger partial charge in [0.1, 0.15) is 16.4 Å². The van der Waals surface area contributed by atoms with Crippen LogP contribution in [0.4, 0.5) is 0 Å². The molecule has 0 aliphatic heterocycles. The van der Waals surface area contributed by atoms with E-state index in [2.05, 4.69) is 4.98 Å². The largest absolute Gasteiger partial charge is 0.439 e. The molecule has 0 atom stereocenters. The van der Waals surface area contributed by atoms with Crippen molar-refractivity contribution in [2.24, 2.45) is 0 Å². The molecule has 0 radical (unpaired) electrons. The summed E-state index contributed by atoms with van der Waals surface area (Å²) in [4.78, 5) is 3.91. The van der Waals surface area contributed by atoms with Crippen molar-refractivity contribution in [1.29, 1.82) is 0 Å². The minimum atomic E-state index is -4.14. The summed E-state index contributed by atoms with van der Waals surface area (Å²) in [6.45, 7) is 4.12. The third-order valence-electron chi connectivity index (χ3n) is 4.35. The summed E-state index contributed by atoms with van der Waals surface area (Å²) in [6, 6.07) is 16.2. The smallest absolute Gasteiger partial charge is 0.339 e. The molecule has 1 aromatic heterocycles. The highest BCUT2D eigenvalue weighted by Gasteiger charge is 2.23. The second-order valence-electron chi connectivity index (χ2n) is 6.34. The Morgan fingerprint density at radius 3 is 1.90 bits per heavy atom. The zero-order valence-corrected chi connectivity index (χ0v) is 18.6. The fourth-order valence-electron chi connectivity index (χ4n) is 2.76. The van der Waals surface area contributed by atoms with E-state index < -0.39 is 20.1 Å². The van der Waals surface area contributed by atoms with Crippen molar-refractivity contribution < 1.29 is 25.8 Å². The Hall–Kier alpha value is -2.95. The molecule has 1 heterocycles. The molecule has 8 nitrogen and oxygen atoms in total. The average molecular weight is 463 g/mol. The van der Waals surface area contributed by atoms with Crippen LogP contribution in [-0.2, 0) is 20.1 Å². The monoisotopic (exact) mass is 462 g/mol. The molecule has 3 rings (SSSR count). The number of rotatable bonds is 9. The Morgan fingerprint density at radius 2 is 1.35 bits per heavy atom. The standard InChI is InChI=1S/C21H22N2O6S2/c1-3-23(4-2)30(24,25)19-12-14-20(15-13-19)31(26,27)29-18-10-8-17(9-11-18)28-21-7-5-6-16-22-21/h5-16H,3-4H2,1-2H3. The van der Waals surface area contributed by atoms with E-state index >= 15 is 0 Å². The van der Waals surface area contributed by atoms with Gasteiger partial charge in [-0.25, -0.2) is 13.4 Å². The van der Waals surface area contributed by atoms with E-state index in [1.165, 1.54) is 40.7 Å². The van der Waals surface area contributed by atoms with Gasteiger partial charge in [-0.1, -0.05) is 19.9 Å². The van der Waals surface area contributed by atoms with Gasteiger partial charge in [0.05, 0.1) is 4.90 Å². The predicted molar refractivity (Wildman–Crippen MR) is 115 cm³/mol. The van der Waals surface area contributed by atoms with Crippen molar-refractivity contribution in [2.45, 2.75) is 23.6 Å². The maximum Gasteiger partial charge on any atom is 0.339 e. The van der Waals surface area contributed by atoms with Gasteiger partial charge in [-0.15, -0.1) is 0 Å². The van der Waals surface area contributed by atoms with Crippen LogP contribution in [-0.4, -0.2) is 39.2 Å². The molecule has 0 saturated carbocycles. The quantitative estimate of drug-likeness (QED) is 0.447. The number of ether oxygens (including phenoxy) is 1. The maximum atomic E-state index is 12.6. The summed E-state index contributed by atoms with van der Waals surface area (Å²) in [5.74, 6) is 0.964. The minimum Gasteiger partial charge on any atom is -0.439 e. The zero-order valence-electron chi connectivity index (χ0n) is 17.0. The van der Waals surface area contributed by atoms with Crippen molar-refractivity contribution in [3.05, 3.63) is 72.9 Å². The molecule has 164 valence electrons. The molecule has 0 fully saturated rings. The molecular formula is C21H22N2O6S2. The van der Waals surface area contributed by atoms with Crippen LogP contribution in [0.15, 0.2) is 82.7 Å². The van der Waals surface area contributed by atoms with E-state index in [4.69, 9.17) is 8.92 Å². The third-order valence-corrected chi connectivity index (χ3v) is 7.67. The lowest BCUT2D eigenvalue weighted by Crippen LogP contribution is -2.30. The average Bonchev–Trinajstić information content (AvgIpc) is 2.76. The molecule has 0 unspecified atom stereocenters. The molecule has 0 aliphatic carbocycles. The number of sulfonamides is 1. The fraction of sp³-hybridized carbons (Fsp3) is 0.190. The Morgan fingerprint density at radius 1 is 0.774 bits per heavy atom. The molecule has 3 aromatic rings. The van der Waals surface area contributed by atoms with Crippen molar-refractivity contribution in [3.8, 4) is 17.4 Å².